The molecular formula is C15H22N2O2. The van der Waals surface area contributed by atoms with Crippen molar-refractivity contribution >= 4 is 11.1 Å². The molecule has 0 unspecified atom stereocenters. The molecule has 19 heavy (non-hydrogen) atoms. The van der Waals surface area contributed by atoms with Crippen LogP contribution in [0.25, 0.3) is 11.1 Å². The van der Waals surface area contributed by atoms with E-state index in [1.807, 2.05) is 6.07 Å². The fourth-order valence-electron chi connectivity index (χ4n) is 1.93. The van der Waals surface area contributed by atoms with Gasteiger partial charge in [-0.25, -0.2) is 4.98 Å². The van der Waals surface area contributed by atoms with Crippen molar-refractivity contribution in [3.8, 4) is 6.01 Å². The Kier molecular flexibility index (Phi) is 5.19. The van der Waals surface area contributed by atoms with Gasteiger partial charge in [0.2, 0.25) is 5.71 Å². The van der Waals surface area contributed by atoms with Crippen molar-refractivity contribution in [3.05, 3.63) is 18.0 Å². The Balaban J connectivity index is 1.99. The number of ether oxygens (including phenoxy) is 1. The Hall–Kier alpha value is -1.58. The highest BCUT2D eigenvalue weighted by molar-refractivity contribution is 5.73. The molecule has 0 N–H and O–H groups in total. The van der Waals surface area contributed by atoms with Crippen molar-refractivity contribution in [2.24, 2.45) is 0 Å². The number of rotatable bonds is 8. The molecule has 0 saturated heterocycles. The molecule has 0 aliphatic rings. The molecule has 0 aliphatic carbocycles. The monoisotopic (exact) mass is 262 g/mol. The maximum absolute atomic E-state index is 5.71. The maximum Gasteiger partial charge on any atom is 0.319 e. The molecule has 104 valence electrons. The fraction of sp³-hybridized carbons (Fsp3) is 0.600. The van der Waals surface area contributed by atoms with Gasteiger partial charge in [0.1, 0.15) is 5.76 Å². The first-order valence-corrected chi connectivity index (χ1v) is 7.21. The van der Waals surface area contributed by atoms with Crippen LogP contribution in [0.2, 0.25) is 0 Å². The van der Waals surface area contributed by atoms with Crippen LogP contribution in [0.3, 0.4) is 0 Å². The summed E-state index contributed by atoms with van der Waals surface area (Å²) in [4.78, 5) is 8.51. The van der Waals surface area contributed by atoms with Crippen molar-refractivity contribution < 1.29 is 9.15 Å². The standard InChI is InChI=1S/C15H22N2O2/c1-3-5-7-9-18-15-16-11-12-10-13(8-6-4-2)19-14(12)17-15/h10-11H,3-9H2,1-2H3. The van der Waals surface area contributed by atoms with Gasteiger partial charge < -0.3 is 9.15 Å². The van der Waals surface area contributed by atoms with Crippen LogP contribution in [0.15, 0.2) is 16.7 Å². The van der Waals surface area contributed by atoms with Crippen molar-refractivity contribution in [1.82, 2.24) is 9.97 Å². The fourth-order valence-corrected chi connectivity index (χ4v) is 1.93. The Bertz CT molecular complexity index is 508. The molecule has 0 radical (unpaired) electrons. The molecule has 2 rings (SSSR count). The van der Waals surface area contributed by atoms with E-state index in [1.165, 1.54) is 12.8 Å². The molecule has 2 aromatic rings. The van der Waals surface area contributed by atoms with Crippen LogP contribution in [0, 0.1) is 0 Å². The summed E-state index contributed by atoms with van der Waals surface area (Å²) in [5.74, 6) is 0.981. The number of aryl methyl sites for hydroxylation is 1. The zero-order valence-electron chi connectivity index (χ0n) is 11.8. The highest BCUT2D eigenvalue weighted by Crippen LogP contribution is 2.20. The van der Waals surface area contributed by atoms with E-state index >= 15 is 0 Å². The molecule has 0 saturated carbocycles. The molecular weight excluding hydrogens is 240 g/mol. The summed E-state index contributed by atoms with van der Waals surface area (Å²) in [6.45, 7) is 5.01. The molecule has 0 aromatic carbocycles. The average molecular weight is 262 g/mol. The van der Waals surface area contributed by atoms with Crippen LogP contribution in [0.1, 0.15) is 51.7 Å². The average Bonchev–Trinajstić information content (AvgIpc) is 2.83. The second kappa shape index (κ2) is 7.12. The van der Waals surface area contributed by atoms with Gasteiger partial charge in [-0.15, -0.1) is 0 Å². The van der Waals surface area contributed by atoms with Crippen molar-refractivity contribution in [2.45, 2.75) is 52.4 Å². The van der Waals surface area contributed by atoms with Crippen LogP contribution < -0.4 is 4.74 Å². The SMILES string of the molecule is CCCCCOc1ncc2cc(CCCC)oc2n1. The summed E-state index contributed by atoms with van der Waals surface area (Å²) in [5.41, 5.74) is 0.631. The van der Waals surface area contributed by atoms with E-state index in [2.05, 4.69) is 23.8 Å². The minimum atomic E-state index is 0.417. The topological polar surface area (TPSA) is 48.2 Å². The Morgan fingerprint density at radius 1 is 1.16 bits per heavy atom. The number of hydrogen-bond donors (Lipinski definition) is 0. The molecule has 0 aliphatic heterocycles. The van der Waals surface area contributed by atoms with Gasteiger partial charge in [-0.2, -0.15) is 4.98 Å². The third-order valence-corrected chi connectivity index (χ3v) is 3.06. The first-order chi connectivity index (χ1) is 9.33. The Labute approximate surface area is 114 Å². The molecule has 4 nitrogen and oxygen atoms in total. The van der Waals surface area contributed by atoms with Gasteiger partial charge >= 0.3 is 6.01 Å². The number of nitrogens with zero attached hydrogens (tertiary/aromatic N) is 2. The van der Waals surface area contributed by atoms with E-state index in [0.29, 0.717) is 18.3 Å². The molecule has 0 amide bonds. The van der Waals surface area contributed by atoms with Gasteiger partial charge in [0.05, 0.1) is 12.0 Å². The number of aromatic nitrogens is 2. The van der Waals surface area contributed by atoms with E-state index in [9.17, 15) is 0 Å². The molecule has 2 aromatic heterocycles. The van der Waals surface area contributed by atoms with Gasteiger partial charge in [0.15, 0.2) is 0 Å². The van der Waals surface area contributed by atoms with Crippen molar-refractivity contribution in [3.63, 3.8) is 0 Å². The van der Waals surface area contributed by atoms with E-state index in [0.717, 1.165) is 36.8 Å². The predicted molar refractivity (Wildman–Crippen MR) is 75.4 cm³/mol. The van der Waals surface area contributed by atoms with E-state index in [1.54, 1.807) is 6.20 Å². The van der Waals surface area contributed by atoms with Crippen LogP contribution >= 0.6 is 0 Å². The second-order valence-electron chi connectivity index (χ2n) is 4.78. The van der Waals surface area contributed by atoms with Crippen LogP contribution in [-0.2, 0) is 6.42 Å². The van der Waals surface area contributed by atoms with Crippen LogP contribution in [0.5, 0.6) is 6.01 Å². The van der Waals surface area contributed by atoms with Gasteiger partial charge in [0, 0.05) is 12.6 Å². The van der Waals surface area contributed by atoms with E-state index < -0.39 is 0 Å². The molecule has 0 fully saturated rings. The molecule has 4 heteroatoms. The molecule has 0 bridgehead atoms. The van der Waals surface area contributed by atoms with E-state index in [-0.39, 0.29) is 0 Å². The van der Waals surface area contributed by atoms with Gasteiger partial charge in [-0.3, -0.25) is 0 Å². The van der Waals surface area contributed by atoms with Crippen molar-refractivity contribution in [1.29, 1.82) is 0 Å². The third kappa shape index (κ3) is 3.94. The van der Waals surface area contributed by atoms with Crippen LogP contribution in [-0.4, -0.2) is 16.6 Å². The smallest absolute Gasteiger partial charge is 0.319 e. The van der Waals surface area contributed by atoms with Gasteiger partial charge in [-0.05, 0) is 18.9 Å². The zero-order valence-corrected chi connectivity index (χ0v) is 11.8. The van der Waals surface area contributed by atoms with Crippen LogP contribution in [0.4, 0.5) is 0 Å². The molecule has 2 heterocycles. The minimum Gasteiger partial charge on any atom is -0.463 e. The molecule has 0 atom stereocenters. The number of unbranched alkanes of at least 4 members (excludes halogenated alkanes) is 3. The number of hydrogen-bond acceptors (Lipinski definition) is 4. The predicted octanol–water partition coefficient (Wildman–Crippen LogP) is 4.13. The lowest BCUT2D eigenvalue weighted by Gasteiger charge is -2.02. The highest BCUT2D eigenvalue weighted by atomic mass is 16.5. The summed E-state index contributed by atoms with van der Waals surface area (Å²) in [6.07, 6.45) is 8.42. The summed E-state index contributed by atoms with van der Waals surface area (Å²) >= 11 is 0. The number of furan rings is 1. The summed E-state index contributed by atoms with van der Waals surface area (Å²) in [6, 6.07) is 2.44. The van der Waals surface area contributed by atoms with Crippen molar-refractivity contribution in [2.75, 3.05) is 6.61 Å². The highest BCUT2D eigenvalue weighted by Gasteiger charge is 2.07. The first kappa shape index (κ1) is 13.8. The number of fused-ring (bicyclic) bond motifs is 1. The van der Waals surface area contributed by atoms with Gasteiger partial charge in [-0.1, -0.05) is 33.1 Å². The summed E-state index contributed by atoms with van der Waals surface area (Å²) < 4.78 is 11.2. The van der Waals surface area contributed by atoms with Gasteiger partial charge in [0.25, 0.3) is 0 Å². The Morgan fingerprint density at radius 2 is 2.00 bits per heavy atom. The molecule has 0 spiro atoms. The summed E-state index contributed by atoms with van der Waals surface area (Å²) in [5, 5.41) is 0.951. The quantitative estimate of drug-likeness (QED) is 0.671. The minimum absolute atomic E-state index is 0.417. The zero-order chi connectivity index (χ0) is 13.5. The summed E-state index contributed by atoms with van der Waals surface area (Å²) in [7, 11) is 0. The normalized spacial score (nSPS) is 11.1. The maximum atomic E-state index is 5.71. The Morgan fingerprint density at radius 3 is 2.79 bits per heavy atom. The second-order valence-corrected chi connectivity index (χ2v) is 4.78. The lowest BCUT2D eigenvalue weighted by atomic mass is 10.2. The largest absolute Gasteiger partial charge is 0.463 e. The third-order valence-electron chi connectivity index (χ3n) is 3.06. The lowest BCUT2D eigenvalue weighted by Crippen LogP contribution is -2.00. The first-order valence-electron chi connectivity index (χ1n) is 7.21. The van der Waals surface area contributed by atoms with E-state index in [4.69, 9.17) is 9.15 Å². The lowest BCUT2D eigenvalue weighted by molar-refractivity contribution is 0.282.